The van der Waals surface area contributed by atoms with Gasteiger partial charge in [-0.1, -0.05) is 13.3 Å². The summed E-state index contributed by atoms with van der Waals surface area (Å²) in [6.07, 6.45) is 2.30. The number of ether oxygens (including phenoxy) is 1. The molecule has 0 saturated carbocycles. The molecule has 1 rings (SSSR count). The number of nitrogens with one attached hydrogen (secondary N) is 1. The predicted octanol–water partition coefficient (Wildman–Crippen LogP) is 0.123. The Hall–Kier alpha value is -0.170. The molecule has 0 unspecified atom stereocenters. The molecule has 0 aromatic rings. The van der Waals surface area contributed by atoms with Crippen LogP contribution in [0.5, 0.6) is 0 Å². The average Bonchev–Trinajstić information content (AvgIpc) is 2.34. The van der Waals surface area contributed by atoms with E-state index >= 15 is 0 Å². The zero-order valence-corrected chi connectivity index (χ0v) is 12.2. The summed E-state index contributed by atoms with van der Waals surface area (Å²) >= 11 is 0. The molecular formula is C12H26N2O3S. The number of nitrogens with zero attached hydrogens (tertiary/aromatic N) is 1. The number of sulfone groups is 1. The highest BCUT2D eigenvalue weighted by Crippen LogP contribution is 2.02. The maximum atomic E-state index is 11.2. The molecule has 0 atom stereocenters. The molecule has 0 radical (unpaired) electrons. The fourth-order valence-corrected chi connectivity index (χ4v) is 3.11. The summed E-state index contributed by atoms with van der Waals surface area (Å²) in [5.74, 6) is 0.625. The van der Waals surface area contributed by atoms with Gasteiger partial charge in [0.2, 0.25) is 0 Å². The molecule has 0 amide bonds. The predicted molar refractivity (Wildman–Crippen MR) is 73.7 cm³/mol. The molecule has 5 nitrogen and oxygen atoms in total. The topological polar surface area (TPSA) is 58.6 Å². The highest BCUT2D eigenvalue weighted by atomic mass is 32.2. The van der Waals surface area contributed by atoms with Crippen LogP contribution in [-0.2, 0) is 14.6 Å². The van der Waals surface area contributed by atoms with Crippen LogP contribution < -0.4 is 5.32 Å². The Morgan fingerprint density at radius 1 is 1.17 bits per heavy atom. The van der Waals surface area contributed by atoms with E-state index in [2.05, 4.69) is 17.1 Å². The van der Waals surface area contributed by atoms with E-state index in [0.717, 1.165) is 39.3 Å². The van der Waals surface area contributed by atoms with Crippen molar-refractivity contribution in [3.8, 4) is 0 Å². The highest BCUT2D eigenvalue weighted by molar-refractivity contribution is 7.91. The fraction of sp³-hybridized carbons (Fsp3) is 1.00. The molecule has 18 heavy (non-hydrogen) atoms. The summed E-state index contributed by atoms with van der Waals surface area (Å²) in [7, 11) is -2.75. The smallest absolute Gasteiger partial charge is 0.152 e. The lowest BCUT2D eigenvalue weighted by atomic mass is 10.4. The van der Waals surface area contributed by atoms with Crippen molar-refractivity contribution in [2.45, 2.75) is 19.8 Å². The van der Waals surface area contributed by atoms with Gasteiger partial charge in [0.05, 0.1) is 18.1 Å². The Labute approximate surface area is 111 Å². The lowest BCUT2D eigenvalue weighted by Gasteiger charge is -2.26. The van der Waals surface area contributed by atoms with Crippen molar-refractivity contribution < 1.29 is 13.2 Å². The molecule has 1 N–H and O–H groups in total. The molecule has 1 fully saturated rings. The van der Waals surface area contributed by atoms with Gasteiger partial charge in [-0.2, -0.15) is 0 Å². The van der Waals surface area contributed by atoms with Gasteiger partial charge >= 0.3 is 0 Å². The molecule has 0 aliphatic carbocycles. The van der Waals surface area contributed by atoms with Crippen LogP contribution in [0.2, 0.25) is 0 Å². The molecule has 1 aliphatic heterocycles. The van der Waals surface area contributed by atoms with Gasteiger partial charge in [0.1, 0.15) is 0 Å². The summed E-state index contributed by atoms with van der Waals surface area (Å²) in [5.41, 5.74) is 0. The third kappa shape index (κ3) is 7.31. The first-order valence-electron chi connectivity index (χ1n) is 6.85. The van der Waals surface area contributed by atoms with Gasteiger partial charge in [0.25, 0.3) is 0 Å². The van der Waals surface area contributed by atoms with Crippen LogP contribution in [0.1, 0.15) is 19.8 Å². The molecular weight excluding hydrogens is 252 g/mol. The Kier molecular flexibility index (Phi) is 7.81. The number of unbranched alkanes of at least 4 members (excludes halogenated alkanes) is 1. The van der Waals surface area contributed by atoms with Gasteiger partial charge in [-0.3, -0.25) is 0 Å². The average molecular weight is 278 g/mol. The van der Waals surface area contributed by atoms with Crippen molar-refractivity contribution in [1.29, 1.82) is 0 Å². The second-order valence-electron chi connectivity index (χ2n) is 4.71. The van der Waals surface area contributed by atoms with Crippen LogP contribution in [0.4, 0.5) is 0 Å². The Balaban J connectivity index is 1.90. The van der Waals surface area contributed by atoms with Crippen molar-refractivity contribution in [3.63, 3.8) is 0 Å². The van der Waals surface area contributed by atoms with E-state index in [9.17, 15) is 8.42 Å². The van der Waals surface area contributed by atoms with Crippen molar-refractivity contribution >= 4 is 9.84 Å². The van der Waals surface area contributed by atoms with Crippen LogP contribution in [0.3, 0.4) is 0 Å². The normalized spacial score (nSPS) is 20.1. The van der Waals surface area contributed by atoms with Gasteiger partial charge in [0, 0.05) is 39.3 Å². The minimum absolute atomic E-state index is 0.313. The summed E-state index contributed by atoms with van der Waals surface area (Å²) in [6, 6.07) is 0. The molecule has 0 spiro atoms. The maximum absolute atomic E-state index is 11.2. The van der Waals surface area contributed by atoms with E-state index in [1.54, 1.807) is 0 Å². The van der Waals surface area contributed by atoms with Crippen molar-refractivity contribution in [3.05, 3.63) is 0 Å². The van der Waals surface area contributed by atoms with Gasteiger partial charge in [-0.05, 0) is 6.42 Å². The third-order valence-corrected chi connectivity index (χ3v) is 4.72. The van der Waals surface area contributed by atoms with Crippen LogP contribution >= 0.6 is 0 Å². The van der Waals surface area contributed by atoms with Crippen molar-refractivity contribution in [1.82, 2.24) is 10.2 Å². The summed E-state index contributed by atoms with van der Waals surface area (Å²) in [4.78, 5) is 2.20. The molecule has 6 heteroatoms. The molecule has 0 aromatic heterocycles. The Morgan fingerprint density at radius 2 is 1.89 bits per heavy atom. The lowest BCUT2D eigenvalue weighted by Crippen LogP contribution is -2.43. The van der Waals surface area contributed by atoms with Crippen LogP contribution in [0.25, 0.3) is 0 Å². The van der Waals surface area contributed by atoms with Gasteiger partial charge in [-0.15, -0.1) is 0 Å². The van der Waals surface area contributed by atoms with E-state index < -0.39 is 9.84 Å². The van der Waals surface area contributed by atoms with Crippen LogP contribution in [0, 0.1) is 0 Å². The quantitative estimate of drug-likeness (QED) is 0.607. The first-order chi connectivity index (χ1) is 8.64. The standard InChI is InChI=1S/C12H26N2O3S/c1-2-3-9-17-10-5-13-4-6-14-7-11-18(15,16)12-8-14/h13H,2-12H2,1H3. The Morgan fingerprint density at radius 3 is 2.56 bits per heavy atom. The second kappa shape index (κ2) is 8.85. The van der Waals surface area contributed by atoms with E-state index in [1.807, 2.05) is 0 Å². The molecule has 1 saturated heterocycles. The minimum Gasteiger partial charge on any atom is -0.380 e. The molecule has 0 bridgehead atoms. The van der Waals surface area contributed by atoms with Gasteiger partial charge in [-0.25, -0.2) is 8.42 Å². The van der Waals surface area contributed by atoms with Crippen molar-refractivity contribution in [2.24, 2.45) is 0 Å². The highest BCUT2D eigenvalue weighted by Gasteiger charge is 2.20. The molecule has 108 valence electrons. The molecule has 1 aliphatic rings. The van der Waals surface area contributed by atoms with Crippen LogP contribution in [0.15, 0.2) is 0 Å². The number of rotatable bonds is 9. The number of hydrogen-bond donors (Lipinski definition) is 1. The second-order valence-corrected chi connectivity index (χ2v) is 7.01. The first-order valence-corrected chi connectivity index (χ1v) is 8.67. The summed E-state index contributed by atoms with van der Waals surface area (Å²) < 4.78 is 27.9. The Bertz CT molecular complexity index is 292. The minimum atomic E-state index is -2.75. The zero-order chi connectivity index (χ0) is 13.3. The summed E-state index contributed by atoms with van der Waals surface area (Å²) in [6.45, 7) is 7.81. The SMILES string of the molecule is CCCCOCCNCCN1CCS(=O)(=O)CC1. The number of hydrogen-bond acceptors (Lipinski definition) is 5. The van der Waals surface area contributed by atoms with E-state index in [0.29, 0.717) is 24.6 Å². The molecule has 1 heterocycles. The monoisotopic (exact) mass is 278 g/mol. The third-order valence-electron chi connectivity index (χ3n) is 3.11. The summed E-state index contributed by atoms with van der Waals surface area (Å²) in [5, 5.41) is 3.31. The van der Waals surface area contributed by atoms with E-state index in [-0.39, 0.29) is 0 Å². The fourth-order valence-electron chi connectivity index (χ4n) is 1.83. The van der Waals surface area contributed by atoms with Crippen molar-refractivity contribution in [2.75, 3.05) is 57.4 Å². The van der Waals surface area contributed by atoms with Gasteiger partial charge < -0.3 is 15.0 Å². The van der Waals surface area contributed by atoms with E-state index in [4.69, 9.17) is 4.74 Å². The first kappa shape index (κ1) is 15.9. The van der Waals surface area contributed by atoms with E-state index in [1.165, 1.54) is 6.42 Å². The lowest BCUT2D eigenvalue weighted by molar-refractivity contribution is 0.132. The van der Waals surface area contributed by atoms with Crippen LogP contribution in [-0.4, -0.2) is 70.8 Å². The molecule has 0 aromatic carbocycles. The van der Waals surface area contributed by atoms with Gasteiger partial charge in [0.15, 0.2) is 9.84 Å². The maximum Gasteiger partial charge on any atom is 0.152 e. The largest absolute Gasteiger partial charge is 0.380 e. The zero-order valence-electron chi connectivity index (χ0n) is 11.4.